The number of halogens is 2. The van der Waals surface area contributed by atoms with E-state index < -0.39 is 0 Å². The molecule has 5 nitrogen and oxygen atoms in total. The van der Waals surface area contributed by atoms with E-state index in [-0.39, 0.29) is 18.6 Å². The lowest BCUT2D eigenvalue weighted by molar-refractivity contribution is -0.123. The van der Waals surface area contributed by atoms with Crippen molar-refractivity contribution in [3.8, 4) is 17.2 Å². The van der Waals surface area contributed by atoms with E-state index in [1.807, 2.05) is 13.0 Å². The van der Waals surface area contributed by atoms with Crippen molar-refractivity contribution >= 4 is 29.1 Å². The van der Waals surface area contributed by atoms with Gasteiger partial charge in [0.2, 0.25) is 0 Å². The fourth-order valence-electron chi connectivity index (χ4n) is 2.27. The Hall–Kier alpha value is -2.11. The van der Waals surface area contributed by atoms with Crippen molar-refractivity contribution in [3.63, 3.8) is 0 Å². The Morgan fingerprint density at radius 1 is 1.08 bits per heavy atom. The maximum atomic E-state index is 12.2. The molecule has 0 aromatic heterocycles. The summed E-state index contributed by atoms with van der Waals surface area (Å²) in [6.07, 6.45) is 0. The van der Waals surface area contributed by atoms with Crippen LogP contribution in [0.4, 0.5) is 0 Å². The molecule has 1 atom stereocenters. The van der Waals surface area contributed by atoms with Gasteiger partial charge in [0.1, 0.15) is 17.2 Å². The number of benzene rings is 2. The molecule has 0 aliphatic rings. The average molecular weight is 384 g/mol. The minimum Gasteiger partial charge on any atom is -0.497 e. The summed E-state index contributed by atoms with van der Waals surface area (Å²) in [5.41, 5.74) is 0.802. The minimum atomic E-state index is -0.298. The Morgan fingerprint density at radius 2 is 1.84 bits per heavy atom. The van der Waals surface area contributed by atoms with Gasteiger partial charge in [0, 0.05) is 16.7 Å². The van der Waals surface area contributed by atoms with Crippen molar-refractivity contribution in [2.24, 2.45) is 0 Å². The summed E-state index contributed by atoms with van der Waals surface area (Å²) >= 11 is 11.9. The van der Waals surface area contributed by atoms with Gasteiger partial charge in [-0.05, 0) is 37.3 Å². The van der Waals surface area contributed by atoms with Crippen LogP contribution in [0.1, 0.15) is 18.5 Å². The molecule has 7 heteroatoms. The smallest absolute Gasteiger partial charge is 0.258 e. The van der Waals surface area contributed by atoms with Crippen LogP contribution in [0.3, 0.4) is 0 Å². The monoisotopic (exact) mass is 383 g/mol. The molecule has 0 bridgehead atoms. The number of rotatable bonds is 7. The highest BCUT2D eigenvalue weighted by Crippen LogP contribution is 2.30. The lowest BCUT2D eigenvalue weighted by Crippen LogP contribution is -2.31. The first-order chi connectivity index (χ1) is 11.9. The van der Waals surface area contributed by atoms with Gasteiger partial charge in [0.15, 0.2) is 6.61 Å². The summed E-state index contributed by atoms with van der Waals surface area (Å²) < 4.78 is 16.0. The van der Waals surface area contributed by atoms with E-state index in [1.54, 1.807) is 44.6 Å². The molecule has 1 N–H and O–H groups in total. The van der Waals surface area contributed by atoms with E-state index in [9.17, 15) is 4.79 Å². The number of methoxy groups -OCH3 is 2. The standard InChI is InChI=1S/C18H19Cl2NO4/c1-11(14-9-13(23-2)5-7-16(14)24-3)21-18(22)10-25-17-8-12(19)4-6-15(17)20/h4-9,11H,10H2,1-3H3,(H,21,22)/t11-/m0/s1. The van der Waals surface area contributed by atoms with Crippen LogP contribution in [0, 0.1) is 0 Å². The summed E-state index contributed by atoms with van der Waals surface area (Å²) in [5.74, 6) is 1.40. The van der Waals surface area contributed by atoms with Crippen LogP contribution in [0.15, 0.2) is 36.4 Å². The predicted molar refractivity (Wildman–Crippen MR) is 98.1 cm³/mol. The summed E-state index contributed by atoms with van der Waals surface area (Å²) in [6, 6.07) is 9.93. The van der Waals surface area contributed by atoms with E-state index in [0.717, 1.165) is 5.56 Å². The van der Waals surface area contributed by atoms with Crippen LogP contribution in [0.25, 0.3) is 0 Å². The van der Waals surface area contributed by atoms with Gasteiger partial charge in [-0.2, -0.15) is 0 Å². The molecular weight excluding hydrogens is 365 g/mol. The maximum Gasteiger partial charge on any atom is 0.258 e. The minimum absolute atomic E-state index is 0.184. The van der Waals surface area contributed by atoms with Gasteiger partial charge in [-0.25, -0.2) is 0 Å². The quantitative estimate of drug-likeness (QED) is 0.775. The highest BCUT2D eigenvalue weighted by molar-refractivity contribution is 6.34. The third-order valence-electron chi connectivity index (χ3n) is 3.53. The summed E-state index contributed by atoms with van der Waals surface area (Å²) in [6.45, 7) is 1.66. The van der Waals surface area contributed by atoms with E-state index in [0.29, 0.717) is 27.3 Å². The van der Waals surface area contributed by atoms with Gasteiger partial charge in [-0.3, -0.25) is 4.79 Å². The summed E-state index contributed by atoms with van der Waals surface area (Å²) in [4.78, 5) is 12.2. The predicted octanol–water partition coefficient (Wildman–Crippen LogP) is 4.27. The van der Waals surface area contributed by atoms with Crippen LogP contribution in [0.5, 0.6) is 17.2 Å². The maximum absolute atomic E-state index is 12.2. The molecule has 134 valence electrons. The van der Waals surface area contributed by atoms with E-state index in [4.69, 9.17) is 37.4 Å². The lowest BCUT2D eigenvalue weighted by atomic mass is 10.1. The molecule has 2 aromatic carbocycles. The number of amides is 1. The van der Waals surface area contributed by atoms with E-state index >= 15 is 0 Å². The van der Waals surface area contributed by atoms with Crippen molar-refractivity contribution in [3.05, 3.63) is 52.0 Å². The van der Waals surface area contributed by atoms with Crippen molar-refractivity contribution < 1.29 is 19.0 Å². The number of hydrogen-bond donors (Lipinski definition) is 1. The van der Waals surface area contributed by atoms with Crippen LogP contribution in [-0.2, 0) is 4.79 Å². The lowest BCUT2D eigenvalue weighted by Gasteiger charge is -2.18. The Kier molecular flexibility index (Phi) is 6.79. The van der Waals surface area contributed by atoms with E-state index in [2.05, 4.69) is 5.32 Å². The zero-order valence-corrected chi connectivity index (χ0v) is 15.6. The number of carbonyl (C=O) groups excluding carboxylic acids is 1. The zero-order chi connectivity index (χ0) is 18.4. The fraction of sp³-hybridized carbons (Fsp3) is 0.278. The second kappa shape index (κ2) is 8.83. The first kappa shape index (κ1) is 19.2. The third kappa shape index (κ3) is 5.18. The molecule has 0 spiro atoms. The first-order valence-electron chi connectivity index (χ1n) is 7.53. The van der Waals surface area contributed by atoms with Gasteiger partial charge in [-0.1, -0.05) is 23.2 Å². The SMILES string of the molecule is COc1ccc(OC)c([C@H](C)NC(=O)COc2cc(Cl)ccc2Cl)c1. The van der Waals surface area contributed by atoms with Crippen LogP contribution in [0.2, 0.25) is 10.0 Å². The molecule has 0 fully saturated rings. The number of hydrogen-bond acceptors (Lipinski definition) is 4. The summed E-state index contributed by atoms with van der Waals surface area (Å²) in [7, 11) is 3.15. The largest absolute Gasteiger partial charge is 0.497 e. The molecule has 2 rings (SSSR count). The summed E-state index contributed by atoms with van der Waals surface area (Å²) in [5, 5.41) is 3.72. The fourth-order valence-corrected chi connectivity index (χ4v) is 2.60. The Labute approximate surface area is 156 Å². The van der Waals surface area contributed by atoms with Crippen molar-refractivity contribution in [2.75, 3.05) is 20.8 Å². The van der Waals surface area contributed by atoms with Gasteiger partial charge in [0.05, 0.1) is 25.3 Å². The van der Waals surface area contributed by atoms with E-state index in [1.165, 1.54) is 0 Å². The average Bonchev–Trinajstić information content (AvgIpc) is 2.61. The number of nitrogens with one attached hydrogen (secondary N) is 1. The number of carbonyl (C=O) groups is 1. The van der Waals surface area contributed by atoms with Crippen LogP contribution in [-0.4, -0.2) is 26.7 Å². The van der Waals surface area contributed by atoms with Gasteiger partial charge in [-0.15, -0.1) is 0 Å². The normalized spacial score (nSPS) is 11.6. The van der Waals surface area contributed by atoms with Crippen molar-refractivity contribution in [1.82, 2.24) is 5.32 Å². The van der Waals surface area contributed by atoms with Gasteiger partial charge >= 0.3 is 0 Å². The molecule has 2 aromatic rings. The zero-order valence-electron chi connectivity index (χ0n) is 14.1. The Balaban J connectivity index is 2.01. The molecule has 0 heterocycles. The molecule has 0 aliphatic heterocycles. The molecule has 0 saturated heterocycles. The second-order valence-corrected chi connectivity index (χ2v) is 6.10. The highest BCUT2D eigenvalue weighted by atomic mass is 35.5. The highest BCUT2D eigenvalue weighted by Gasteiger charge is 2.16. The Bertz CT molecular complexity index is 752. The van der Waals surface area contributed by atoms with Crippen molar-refractivity contribution in [2.45, 2.75) is 13.0 Å². The first-order valence-corrected chi connectivity index (χ1v) is 8.29. The topological polar surface area (TPSA) is 56.8 Å². The molecule has 25 heavy (non-hydrogen) atoms. The molecule has 0 aliphatic carbocycles. The molecule has 0 saturated carbocycles. The third-order valence-corrected chi connectivity index (χ3v) is 4.08. The molecule has 0 radical (unpaired) electrons. The number of ether oxygens (including phenoxy) is 3. The molecule has 1 amide bonds. The molecule has 0 unspecified atom stereocenters. The van der Waals surface area contributed by atoms with Crippen LogP contribution < -0.4 is 19.5 Å². The van der Waals surface area contributed by atoms with Gasteiger partial charge in [0.25, 0.3) is 5.91 Å². The van der Waals surface area contributed by atoms with Gasteiger partial charge < -0.3 is 19.5 Å². The van der Waals surface area contributed by atoms with Crippen LogP contribution >= 0.6 is 23.2 Å². The Morgan fingerprint density at radius 3 is 2.52 bits per heavy atom. The van der Waals surface area contributed by atoms with Crippen molar-refractivity contribution in [1.29, 1.82) is 0 Å². The molecular formula is C18H19Cl2NO4. The second-order valence-electron chi connectivity index (χ2n) is 5.26.